The molecule has 0 spiro atoms. The van der Waals surface area contributed by atoms with Gasteiger partial charge < -0.3 is 12.1 Å². The average Bonchev–Trinajstić information content (AvgIpc) is 2.39. The van der Waals surface area contributed by atoms with E-state index in [1.54, 1.807) is 0 Å². The molecule has 0 aromatic heterocycles. The Bertz CT molecular complexity index is 382. The number of hydrogen-bond acceptors (Lipinski definition) is 1. The van der Waals surface area contributed by atoms with Crippen molar-refractivity contribution in [1.29, 1.82) is 0 Å². The van der Waals surface area contributed by atoms with Crippen molar-refractivity contribution in [1.82, 2.24) is 0 Å². The highest BCUT2D eigenvalue weighted by atomic mass is 31.1. The van der Waals surface area contributed by atoms with Gasteiger partial charge in [-0.15, -0.1) is 0 Å². The van der Waals surface area contributed by atoms with Gasteiger partial charge in [0.05, 0.1) is 6.10 Å². The Labute approximate surface area is 120 Å². The summed E-state index contributed by atoms with van der Waals surface area (Å²) in [6.45, 7) is 6.94. The maximum Gasteiger partial charge on any atom is 0.0606 e. The van der Waals surface area contributed by atoms with Crippen LogP contribution in [-0.4, -0.2) is 13.7 Å². The van der Waals surface area contributed by atoms with E-state index in [9.17, 15) is 0 Å². The Morgan fingerprint density at radius 2 is 1.89 bits per heavy atom. The van der Waals surface area contributed by atoms with Crippen molar-refractivity contribution >= 4 is 20.9 Å². The maximum atomic E-state index is 6.28. The van der Waals surface area contributed by atoms with E-state index in [1.807, 2.05) is 18.2 Å². The van der Waals surface area contributed by atoms with Gasteiger partial charge in [-0.3, -0.25) is 0 Å². The lowest BCUT2D eigenvalue weighted by Crippen LogP contribution is -2.33. The molecule has 2 rings (SSSR count). The van der Waals surface area contributed by atoms with Crippen LogP contribution in [-0.2, 0) is 4.52 Å². The van der Waals surface area contributed by atoms with Crippen LogP contribution in [0.5, 0.6) is 0 Å². The molecule has 1 aromatic rings. The second-order valence-corrected chi connectivity index (χ2v) is 7.51. The van der Waals surface area contributed by atoms with Gasteiger partial charge in [-0.25, -0.2) is 8.03 Å². The average molecular weight is 274 g/mol. The molecule has 1 unspecified atom stereocenters. The van der Waals surface area contributed by atoms with Gasteiger partial charge in [0.25, 0.3) is 0 Å². The van der Waals surface area contributed by atoms with Crippen LogP contribution in [0.3, 0.4) is 0 Å². The third kappa shape index (κ3) is 4.07. The summed E-state index contributed by atoms with van der Waals surface area (Å²) >= 11 is 0. The Morgan fingerprint density at radius 3 is 2.53 bits per heavy atom. The van der Waals surface area contributed by atoms with E-state index in [0.29, 0.717) is 17.9 Å². The first kappa shape index (κ1) is 15.1. The molecule has 3 radical (unpaired) electrons. The van der Waals surface area contributed by atoms with E-state index in [4.69, 9.17) is 12.1 Å². The molecule has 0 saturated heterocycles. The Morgan fingerprint density at radius 1 is 1.21 bits per heavy atom. The van der Waals surface area contributed by atoms with E-state index in [1.165, 1.54) is 12.8 Å². The molecule has 1 aliphatic carbocycles. The fourth-order valence-corrected chi connectivity index (χ4v) is 4.14. The van der Waals surface area contributed by atoms with Crippen molar-refractivity contribution in [2.24, 2.45) is 17.8 Å². The molecule has 1 fully saturated rings. The van der Waals surface area contributed by atoms with Crippen molar-refractivity contribution in [3.05, 3.63) is 30.3 Å². The van der Waals surface area contributed by atoms with Gasteiger partial charge in [0.2, 0.25) is 0 Å². The first-order chi connectivity index (χ1) is 9.08. The minimum absolute atomic E-state index is 0.333. The molecule has 0 aliphatic heterocycles. The highest BCUT2D eigenvalue weighted by Crippen LogP contribution is 2.42. The van der Waals surface area contributed by atoms with Crippen molar-refractivity contribution in [2.75, 3.05) is 0 Å². The largest absolute Gasteiger partial charge is 0.534 e. The fraction of sp³-hybridized carbons (Fsp3) is 0.625. The van der Waals surface area contributed by atoms with Gasteiger partial charge >= 0.3 is 0 Å². The lowest BCUT2D eigenvalue weighted by Gasteiger charge is -2.42. The van der Waals surface area contributed by atoms with Gasteiger partial charge in [-0.1, -0.05) is 57.5 Å². The van der Waals surface area contributed by atoms with Gasteiger partial charge in [-0.05, 0) is 35.9 Å². The van der Waals surface area contributed by atoms with Crippen LogP contribution in [0.1, 0.15) is 40.0 Å². The third-order valence-electron chi connectivity index (χ3n) is 4.22. The zero-order valence-corrected chi connectivity index (χ0v) is 13.1. The molecule has 0 N–H and O–H groups in total. The predicted octanol–water partition coefficient (Wildman–Crippen LogP) is 4.27. The SMILES string of the molecule is [B-]P(O[C@@H]1C[C@H](C)CC[C@H]1C(C)C)c1ccccc1. The predicted molar refractivity (Wildman–Crippen MR) is 85.0 cm³/mol. The van der Waals surface area contributed by atoms with Crippen molar-refractivity contribution in [2.45, 2.75) is 46.1 Å². The molecule has 1 nitrogen and oxygen atoms in total. The molecule has 3 heteroatoms. The molecule has 1 saturated carbocycles. The first-order valence-corrected chi connectivity index (χ1v) is 8.67. The highest BCUT2D eigenvalue weighted by molar-refractivity contribution is 7.84. The van der Waals surface area contributed by atoms with Crippen LogP contribution in [0.2, 0.25) is 0 Å². The highest BCUT2D eigenvalue weighted by Gasteiger charge is 2.31. The summed E-state index contributed by atoms with van der Waals surface area (Å²) in [6, 6.07) is 10.2. The quantitative estimate of drug-likeness (QED) is 0.588. The zero-order valence-electron chi connectivity index (χ0n) is 12.3. The second kappa shape index (κ2) is 6.91. The lowest BCUT2D eigenvalue weighted by atomic mass is 9.75. The van der Waals surface area contributed by atoms with Crippen molar-refractivity contribution < 1.29 is 4.52 Å². The molecule has 0 amide bonds. The van der Waals surface area contributed by atoms with Gasteiger partial charge in [0.15, 0.2) is 0 Å². The van der Waals surface area contributed by atoms with Crippen molar-refractivity contribution in [3.8, 4) is 0 Å². The molecule has 103 valence electrons. The van der Waals surface area contributed by atoms with E-state index in [2.05, 4.69) is 32.9 Å². The summed E-state index contributed by atoms with van der Waals surface area (Å²) in [5.41, 5.74) is 0. The fourth-order valence-electron chi connectivity index (χ4n) is 3.02. The van der Waals surface area contributed by atoms with Gasteiger partial charge in [-0.2, -0.15) is 0 Å². The number of hydrogen-bond donors (Lipinski definition) is 0. The Hall–Kier alpha value is -0.325. The van der Waals surface area contributed by atoms with Crippen LogP contribution >= 0.6 is 8.03 Å². The van der Waals surface area contributed by atoms with E-state index >= 15 is 0 Å². The van der Waals surface area contributed by atoms with E-state index in [0.717, 1.165) is 17.6 Å². The summed E-state index contributed by atoms with van der Waals surface area (Å²) in [4.78, 5) is 0. The Kier molecular flexibility index (Phi) is 5.48. The van der Waals surface area contributed by atoms with Crippen LogP contribution in [0.15, 0.2) is 30.3 Å². The first-order valence-electron chi connectivity index (χ1n) is 7.34. The lowest BCUT2D eigenvalue weighted by molar-refractivity contribution is 0.0583. The monoisotopic (exact) mass is 274 g/mol. The van der Waals surface area contributed by atoms with Crippen LogP contribution in [0.25, 0.3) is 0 Å². The molecule has 1 aliphatic rings. The molecule has 19 heavy (non-hydrogen) atoms. The van der Waals surface area contributed by atoms with Crippen molar-refractivity contribution in [3.63, 3.8) is 0 Å². The number of rotatable bonds is 4. The number of benzene rings is 1. The standard InChI is InChI=1S/C16H24BOP/c1-12(2)15-10-9-13(3)11-16(15)18-19(17)14-7-5-4-6-8-14/h4-8,12-13,15-16H,9-11H2,1-3H3/q-1/t13-,15+,16-,19?/m1/s1. The van der Waals surface area contributed by atoms with Gasteiger partial charge in [0.1, 0.15) is 0 Å². The molecular weight excluding hydrogens is 250 g/mol. The van der Waals surface area contributed by atoms with E-state index in [-0.39, 0.29) is 0 Å². The van der Waals surface area contributed by atoms with E-state index < -0.39 is 8.03 Å². The van der Waals surface area contributed by atoms with Crippen LogP contribution in [0.4, 0.5) is 0 Å². The van der Waals surface area contributed by atoms with Crippen LogP contribution < -0.4 is 5.30 Å². The Balaban J connectivity index is 2.02. The normalized spacial score (nSPS) is 29.4. The molecule has 1 aromatic carbocycles. The minimum Gasteiger partial charge on any atom is -0.534 e. The summed E-state index contributed by atoms with van der Waals surface area (Å²) < 4.78 is 6.26. The summed E-state index contributed by atoms with van der Waals surface area (Å²) in [5.74, 6) is 2.10. The molecule has 0 bridgehead atoms. The molecular formula is C16H24BOP-. The summed E-state index contributed by atoms with van der Waals surface area (Å²) in [6.07, 6.45) is 4.10. The molecule has 4 atom stereocenters. The third-order valence-corrected chi connectivity index (χ3v) is 5.53. The van der Waals surface area contributed by atoms with Crippen LogP contribution in [0, 0.1) is 17.8 Å². The topological polar surface area (TPSA) is 9.23 Å². The zero-order chi connectivity index (χ0) is 13.8. The summed E-state index contributed by atoms with van der Waals surface area (Å²) in [5, 5.41) is 1.14. The maximum absolute atomic E-state index is 6.28. The van der Waals surface area contributed by atoms with Gasteiger partial charge in [0, 0.05) is 0 Å². The smallest absolute Gasteiger partial charge is 0.0606 e. The second-order valence-electron chi connectivity index (χ2n) is 6.13. The molecule has 0 heterocycles. The minimum atomic E-state index is -0.969. The summed E-state index contributed by atoms with van der Waals surface area (Å²) in [7, 11) is 5.31.